The van der Waals surface area contributed by atoms with Gasteiger partial charge in [-0.1, -0.05) is 42.5 Å². The smallest absolute Gasteiger partial charge is 0.240 e. The van der Waals surface area contributed by atoms with E-state index in [1.807, 2.05) is 11.8 Å². The van der Waals surface area contributed by atoms with E-state index in [4.69, 9.17) is 23.2 Å². The number of hydrogen-bond acceptors (Lipinski definition) is 4. The first-order chi connectivity index (χ1) is 12.8. The molecule has 9 heteroatoms. The number of rotatable bonds is 9. The summed E-state index contributed by atoms with van der Waals surface area (Å²) in [7, 11) is -3.65. The number of nitrogens with one attached hydrogen (secondary N) is 1. The molecule has 2 rings (SSSR count). The first kappa shape index (κ1) is 22.7. The minimum absolute atomic E-state index is 0.276. The second-order valence-electron chi connectivity index (χ2n) is 6.73. The molecule has 1 amide bonds. The molecular formula is C18H26Cl2N2O3S2. The van der Waals surface area contributed by atoms with Gasteiger partial charge in [0.1, 0.15) is 6.54 Å². The molecule has 0 aromatic heterocycles. The highest BCUT2D eigenvalue weighted by molar-refractivity contribution is 7.99. The van der Waals surface area contributed by atoms with E-state index in [1.165, 1.54) is 50.3 Å². The predicted octanol–water partition coefficient (Wildman–Crippen LogP) is 4.33. The number of benzene rings is 1. The van der Waals surface area contributed by atoms with E-state index in [0.29, 0.717) is 16.6 Å². The van der Waals surface area contributed by atoms with Gasteiger partial charge >= 0.3 is 0 Å². The average molecular weight is 453 g/mol. The molecule has 1 aliphatic rings. The average Bonchev–Trinajstić information content (AvgIpc) is 2.58. The largest absolute Gasteiger partial charge is 0.354 e. The Morgan fingerprint density at radius 2 is 1.81 bits per heavy atom. The third-order valence-electron chi connectivity index (χ3n) is 4.37. The van der Waals surface area contributed by atoms with E-state index in [0.717, 1.165) is 28.0 Å². The van der Waals surface area contributed by atoms with Gasteiger partial charge in [-0.25, -0.2) is 8.42 Å². The van der Waals surface area contributed by atoms with Gasteiger partial charge < -0.3 is 5.32 Å². The zero-order valence-corrected chi connectivity index (χ0v) is 18.6. The molecule has 1 saturated carbocycles. The zero-order chi connectivity index (χ0) is 19.9. The van der Waals surface area contributed by atoms with Crippen molar-refractivity contribution in [3.8, 4) is 0 Å². The van der Waals surface area contributed by atoms with Crippen LogP contribution in [-0.4, -0.2) is 44.7 Å². The van der Waals surface area contributed by atoms with Crippen molar-refractivity contribution in [1.29, 1.82) is 0 Å². The van der Waals surface area contributed by atoms with Crippen LogP contribution in [0.15, 0.2) is 18.2 Å². The van der Waals surface area contributed by atoms with Crippen molar-refractivity contribution < 1.29 is 13.2 Å². The van der Waals surface area contributed by atoms with Crippen LogP contribution in [0.4, 0.5) is 5.69 Å². The molecule has 0 saturated heterocycles. The van der Waals surface area contributed by atoms with Gasteiger partial charge in [0, 0.05) is 21.8 Å². The third kappa shape index (κ3) is 8.10. The lowest BCUT2D eigenvalue weighted by atomic mass is 10.0. The predicted molar refractivity (Wildman–Crippen MR) is 116 cm³/mol. The molecule has 0 atom stereocenters. The van der Waals surface area contributed by atoms with Gasteiger partial charge in [-0.15, -0.1) is 0 Å². The maximum absolute atomic E-state index is 12.2. The Morgan fingerprint density at radius 1 is 1.19 bits per heavy atom. The molecule has 1 fully saturated rings. The van der Waals surface area contributed by atoms with Crippen LogP contribution >= 0.6 is 35.0 Å². The van der Waals surface area contributed by atoms with Crippen LogP contribution in [0, 0.1) is 0 Å². The summed E-state index contributed by atoms with van der Waals surface area (Å²) in [5.74, 6) is 0.657. The number of carbonyl (C=O) groups is 1. The summed E-state index contributed by atoms with van der Waals surface area (Å²) in [6, 6.07) is 4.46. The molecule has 152 valence electrons. The fraction of sp³-hybridized carbons (Fsp3) is 0.611. The molecule has 0 unspecified atom stereocenters. The number of amides is 1. The van der Waals surface area contributed by atoms with Gasteiger partial charge in [-0.05, 0) is 43.2 Å². The highest BCUT2D eigenvalue weighted by Gasteiger charge is 2.21. The molecule has 0 radical (unpaired) electrons. The first-order valence-corrected chi connectivity index (χ1v) is 12.7. The minimum Gasteiger partial charge on any atom is -0.354 e. The summed E-state index contributed by atoms with van der Waals surface area (Å²) in [4.78, 5) is 12.2. The van der Waals surface area contributed by atoms with Gasteiger partial charge in [-0.3, -0.25) is 9.10 Å². The van der Waals surface area contributed by atoms with Gasteiger partial charge in [0.05, 0.1) is 11.9 Å². The van der Waals surface area contributed by atoms with Crippen molar-refractivity contribution >= 4 is 56.6 Å². The molecule has 0 bridgehead atoms. The fourth-order valence-corrected chi connectivity index (χ4v) is 5.72. The standard InChI is InChI=1S/C18H26Cl2N2O3S2/c1-27(24,25)22(16-11-14(19)10-15(20)12-16)13-18(23)21-8-5-9-26-17-6-3-2-4-7-17/h10-12,17H,2-9,13H2,1H3,(H,21,23). The number of hydrogen-bond donors (Lipinski definition) is 1. The molecule has 1 aromatic carbocycles. The summed E-state index contributed by atoms with van der Waals surface area (Å²) in [6.45, 7) is 0.234. The van der Waals surface area contributed by atoms with Crippen LogP contribution in [0.25, 0.3) is 0 Å². The lowest BCUT2D eigenvalue weighted by molar-refractivity contribution is -0.119. The molecule has 1 aliphatic carbocycles. The Morgan fingerprint density at radius 3 is 2.41 bits per heavy atom. The van der Waals surface area contributed by atoms with E-state index >= 15 is 0 Å². The number of carbonyl (C=O) groups excluding carboxylic acids is 1. The van der Waals surface area contributed by atoms with Crippen molar-refractivity contribution in [3.63, 3.8) is 0 Å². The lowest BCUT2D eigenvalue weighted by Crippen LogP contribution is -2.40. The Balaban J connectivity index is 1.81. The molecule has 1 aromatic rings. The second kappa shape index (κ2) is 10.8. The normalized spacial score (nSPS) is 15.5. The molecule has 27 heavy (non-hydrogen) atoms. The van der Waals surface area contributed by atoms with Gasteiger partial charge in [0.25, 0.3) is 0 Å². The Bertz CT molecular complexity index is 718. The Hall–Kier alpha value is -0.630. The minimum atomic E-state index is -3.65. The van der Waals surface area contributed by atoms with Crippen LogP contribution in [0.5, 0.6) is 0 Å². The number of halogens is 2. The van der Waals surface area contributed by atoms with Crippen LogP contribution in [0.2, 0.25) is 10.0 Å². The monoisotopic (exact) mass is 452 g/mol. The van der Waals surface area contributed by atoms with E-state index in [1.54, 1.807) is 0 Å². The van der Waals surface area contributed by atoms with E-state index < -0.39 is 10.0 Å². The van der Waals surface area contributed by atoms with Gasteiger partial charge in [0.15, 0.2) is 0 Å². The maximum Gasteiger partial charge on any atom is 0.240 e. The number of anilines is 1. The quantitative estimate of drug-likeness (QED) is 0.566. The molecule has 0 aliphatic heterocycles. The highest BCUT2D eigenvalue weighted by Crippen LogP contribution is 2.28. The summed E-state index contributed by atoms with van der Waals surface area (Å²) in [6.07, 6.45) is 8.50. The van der Waals surface area contributed by atoms with Crippen molar-refractivity contribution in [2.45, 2.75) is 43.8 Å². The Kier molecular flexibility index (Phi) is 9.05. The summed E-state index contributed by atoms with van der Waals surface area (Å²) in [5, 5.41) is 4.17. The number of nitrogens with zero attached hydrogens (tertiary/aromatic N) is 1. The zero-order valence-electron chi connectivity index (χ0n) is 15.4. The highest BCUT2D eigenvalue weighted by atomic mass is 35.5. The maximum atomic E-state index is 12.2. The Labute approximate surface area is 176 Å². The molecule has 0 spiro atoms. The topological polar surface area (TPSA) is 66.5 Å². The van der Waals surface area contributed by atoms with Crippen molar-refractivity contribution in [3.05, 3.63) is 28.2 Å². The molecule has 0 heterocycles. The van der Waals surface area contributed by atoms with E-state index in [9.17, 15) is 13.2 Å². The molecule has 1 N–H and O–H groups in total. The fourth-order valence-electron chi connectivity index (χ4n) is 3.05. The van der Waals surface area contributed by atoms with Crippen molar-refractivity contribution in [2.24, 2.45) is 0 Å². The second-order valence-corrected chi connectivity index (χ2v) is 10.9. The molecular weight excluding hydrogens is 427 g/mol. The number of thioether (sulfide) groups is 1. The summed E-state index contributed by atoms with van der Waals surface area (Å²) in [5.41, 5.74) is 0.276. The van der Waals surface area contributed by atoms with Gasteiger partial charge in [-0.2, -0.15) is 11.8 Å². The van der Waals surface area contributed by atoms with Crippen molar-refractivity contribution in [1.82, 2.24) is 5.32 Å². The third-order valence-corrected chi connectivity index (χ3v) is 7.42. The van der Waals surface area contributed by atoms with Crippen LogP contribution < -0.4 is 9.62 Å². The van der Waals surface area contributed by atoms with Crippen LogP contribution in [-0.2, 0) is 14.8 Å². The van der Waals surface area contributed by atoms with Gasteiger partial charge in [0.2, 0.25) is 15.9 Å². The van der Waals surface area contributed by atoms with Crippen LogP contribution in [0.3, 0.4) is 0 Å². The SMILES string of the molecule is CS(=O)(=O)N(CC(=O)NCCCSC1CCCCC1)c1cc(Cl)cc(Cl)c1. The number of sulfonamides is 1. The van der Waals surface area contributed by atoms with Crippen molar-refractivity contribution in [2.75, 3.05) is 29.4 Å². The lowest BCUT2D eigenvalue weighted by Gasteiger charge is -2.22. The first-order valence-electron chi connectivity index (χ1n) is 9.08. The summed E-state index contributed by atoms with van der Waals surface area (Å²) < 4.78 is 25.2. The summed E-state index contributed by atoms with van der Waals surface area (Å²) >= 11 is 13.9. The van der Waals surface area contributed by atoms with E-state index in [-0.39, 0.29) is 18.1 Å². The van der Waals surface area contributed by atoms with Crippen LogP contribution in [0.1, 0.15) is 38.5 Å². The van der Waals surface area contributed by atoms with E-state index in [2.05, 4.69) is 5.32 Å². The molecule has 5 nitrogen and oxygen atoms in total.